The van der Waals surface area contributed by atoms with E-state index in [9.17, 15) is 4.79 Å². The lowest BCUT2D eigenvalue weighted by atomic mass is 10.1. The molecule has 0 atom stereocenters. The number of benzene rings is 1. The molecule has 0 spiro atoms. The van der Waals surface area contributed by atoms with Gasteiger partial charge in [-0.3, -0.25) is 0 Å². The molecule has 0 amide bonds. The van der Waals surface area contributed by atoms with Gasteiger partial charge in [0.1, 0.15) is 0 Å². The molecule has 0 aliphatic rings. The maximum atomic E-state index is 11.5. The first kappa shape index (κ1) is 11.8. The van der Waals surface area contributed by atoms with Crippen molar-refractivity contribution in [2.45, 2.75) is 13.8 Å². The lowest BCUT2D eigenvalue weighted by Gasteiger charge is -2.07. The molecule has 0 unspecified atom stereocenters. The maximum absolute atomic E-state index is 11.5. The summed E-state index contributed by atoms with van der Waals surface area (Å²) in [5, 5.41) is 0.558. The smallest absolute Gasteiger partial charge is 0.338 e. The fourth-order valence-corrected chi connectivity index (χ4v) is 2.09. The van der Waals surface area contributed by atoms with Crippen LogP contribution in [-0.4, -0.2) is 12.6 Å². The van der Waals surface area contributed by atoms with E-state index in [0.717, 1.165) is 9.13 Å². The lowest BCUT2D eigenvalue weighted by molar-refractivity contribution is 0.0525. The lowest BCUT2D eigenvalue weighted by Crippen LogP contribution is -2.07. The first-order valence-electron chi connectivity index (χ1n) is 4.19. The van der Waals surface area contributed by atoms with Gasteiger partial charge in [-0.15, -0.1) is 0 Å². The van der Waals surface area contributed by atoms with Crippen molar-refractivity contribution >= 4 is 40.2 Å². The fourth-order valence-electron chi connectivity index (χ4n) is 1.07. The van der Waals surface area contributed by atoms with Gasteiger partial charge in [-0.25, -0.2) is 4.79 Å². The number of carbonyl (C=O) groups is 1. The van der Waals surface area contributed by atoms with Gasteiger partial charge in [0.15, 0.2) is 0 Å². The zero-order valence-electron chi connectivity index (χ0n) is 7.93. The van der Waals surface area contributed by atoms with Crippen molar-refractivity contribution in [3.8, 4) is 0 Å². The molecule has 0 bridgehead atoms. The molecule has 0 radical (unpaired) electrons. The first-order valence-corrected chi connectivity index (χ1v) is 5.64. The summed E-state index contributed by atoms with van der Waals surface area (Å²) >= 11 is 8.00. The van der Waals surface area contributed by atoms with Crippen molar-refractivity contribution in [2.24, 2.45) is 0 Å². The highest BCUT2D eigenvalue weighted by molar-refractivity contribution is 14.1. The van der Waals surface area contributed by atoms with Crippen LogP contribution in [0.25, 0.3) is 0 Å². The normalized spacial score (nSPS) is 10.0. The molecule has 0 fully saturated rings. The van der Waals surface area contributed by atoms with Crippen LogP contribution < -0.4 is 0 Å². The Labute approximate surface area is 102 Å². The van der Waals surface area contributed by atoms with Crippen LogP contribution in [0.4, 0.5) is 0 Å². The molecule has 14 heavy (non-hydrogen) atoms. The average molecular weight is 325 g/mol. The molecule has 0 heterocycles. The number of carbonyl (C=O) groups excluding carboxylic acids is 1. The van der Waals surface area contributed by atoms with E-state index in [-0.39, 0.29) is 5.97 Å². The van der Waals surface area contributed by atoms with E-state index in [1.165, 1.54) is 0 Å². The van der Waals surface area contributed by atoms with Gasteiger partial charge < -0.3 is 4.74 Å². The third-order valence-electron chi connectivity index (χ3n) is 1.80. The van der Waals surface area contributed by atoms with Gasteiger partial charge in [-0.2, -0.15) is 0 Å². The van der Waals surface area contributed by atoms with E-state index >= 15 is 0 Å². The molecule has 76 valence electrons. The molecule has 0 N–H and O–H groups in total. The Morgan fingerprint density at radius 1 is 1.57 bits per heavy atom. The van der Waals surface area contributed by atoms with Gasteiger partial charge in [0, 0.05) is 8.59 Å². The quantitative estimate of drug-likeness (QED) is 0.615. The van der Waals surface area contributed by atoms with Crippen molar-refractivity contribution < 1.29 is 9.53 Å². The highest BCUT2D eigenvalue weighted by Crippen LogP contribution is 2.22. The van der Waals surface area contributed by atoms with E-state index < -0.39 is 0 Å². The minimum Gasteiger partial charge on any atom is -0.462 e. The third-order valence-corrected chi connectivity index (χ3v) is 3.14. The maximum Gasteiger partial charge on any atom is 0.338 e. The molecular weight excluding hydrogens is 314 g/mol. The average Bonchev–Trinajstić information content (AvgIpc) is 2.11. The summed E-state index contributed by atoms with van der Waals surface area (Å²) in [4.78, 5) is 11.5. The van der Waals surface area contributed by atoms with E-state index in [2.05, 4.69) is 22.6 Å². The molecule has 0 saturated heterocycles. The summed E-state index contributed by atoms with van der Waals surface area (Å²) in [5.74, 6) is -0.314. The predicted molar refractivity (Wildman–Crippen MR) is 64.9 cm³/mol. The van der Waals surface area contributed by atoms with Crippen LogP contribution in [0.15, 0.2) is 12.1 Å². The van der Waals surface area contributed by atoms with Gasteiger partial charge in [0.2, 0.25) is 0 Å². The summed E-state index contributed by atoms with van der Waals surface area (Å²) < 4.78 is 5.89. The van der Waals surface area contributed by atoms with Crippen molar-refractivity contribution in [1.29, 1.82) is 0 Å². The number of hydrogen-bond acceptors (Lipinski definition) is 2. The zero-order valence-corrected chi connectivity index (χ0v) is 10.8. The zero-order chi connectivity index (χ0) is 10.7. The molecule has 0 aliphatic heterocycles. The van der Waals surface area contributed by atoms with Gasteiger partial charge >= 0.3 is 5.97 Å². The van der Waals surface area contributed by atoms with Crippen LogP contribution in [0.2, 0.25) is 5.02 Å². The Hall–Kier alpha value is -0.290. The standard InChI is InChI=1S/C10H10ClIO2/c1-3-14-10(13)8-4-7(11)5-9(12)6(8)2/h4-5H,3H2,1-2H3. The number of halogens is 2. The second-order valence-corrected chi connectivity index (χ2v) is 4.38. The topological polar surface area (TPSA) is 26.3 Å². The molecule has 0 saturated carbocycles. The molecule has 2 nitrogen and oxygen atoms in total. The van der Waals surface area contributed by atoms with E-state index in [0.29, 0.717) is 17.2 Å². The van der Waals surface area contributed by atoms with Crippen LogP contribution in [0.5, 0.6) is 0 Å². The molecule has 4 heteroatoms. The Bertz CT molecular complexity index is 363. The highest BCUT2D eigenvalue weighted by atomic mass is 127. The molecular formula is C10H10ClIO2. The third kappa shape index (κ3) is 2.60. The predicted octanol–water partition coefficient (Wildman–Crippen LogP) is 3.43. The summed E-state index contributed by atoms with van der Waals surface area (Å²) in [6, 6.07) is 3.46. The van der Waals surface area contributed by atoms with Gasteiger partial charge in [0.05, 0.1) is 12.2 Å². The Morgan fingerprint density at radius 2 is 2.21 bits per heavy atom. The van der Waals surface area contributed by atoms with Gasteiger partial charge in [-0.1, -0.05) is 11.6 Å². The minimum atomic E-state index is -0.314. The van der Waals surface area contributed by atoms with E-state index in [1.54, 1.807) is 13.0 Å². The Kier molecular flexibility index (Phi) is 4.19. The molecule has 1 aromatic rings. The number of rotatable bonds is 2. The highest BCUT2D eigenvalue weighted by Gasteiger charge is 2.12. The molecule has 1 aromatic carbocycles. The number of esters is 1. The van der Waals surface area contributed by atoms with E-state index in [4.69, 9.17) is 16.3 Å². The SMILES string of the molecule is CCOC(=O)c1cc(Cl)cc(I)c1C. The molecule has 0 aliphatic carbocycles. The van der Waals surface area contributed by atoms with Crippen molar-refractivity contribution in [2.75, 3.05) is 6.61 Å². The van der Waals surface area contributed by atoms with Crippen LogP contribution in [-0.2, 0) is 4.74 Å². The Balaban J connectivity index is 3.13. The van der Waals surface area contributed by atoms with Crippen LogP contribution in [0.1, 0.15) is 22.8 Å². The largest absolute Gasteiger partial charge is 0.462 e. The van der Waals surface area contributed by atoms with Crippen LogP contribution in [0.3, 0.4) is 0 Å². The second-order valence-electron chi connectivity index (χ2n) is 2.78. The molecule has 0 aromatic heterocycles. The van der Waals surface area contributed by atoms with Crippen LogP contribution >= 0.6 is 34.2 Å². The summed E-state index contributed by atoms with van der Waals surface area (Å²) in [7, 11) is 0. The fraction of sp³-hybridized carbons (Fsp3) is 0.300. The Morgan fingerprint density at radius 3 is 2.79 bits per heavy atom. The second kappa shape index (κ2) is 4.98. The van der Waals surface area contributed by atoms with E-state index in [1.807, 2.05) is 13.0 Å². The first-order chi connectivity index (χ1) is 6.56. The molecule has 1 rings (SSSR count). The van der Waals surface area contributed by atoms with Crippen LogP contribution in [0, 0.1) is 10.5 Å². The van der Waals surface area contributed by atoms with Gasteiger partial charge in [-0.05, 0) is 54.1 Å². The van der Waals surface area contributed by atoms with Crippen molar-refractivity contribution in [1.82, 2.24) is 0 Å². The monoisotopic (exact) mass is 324 g/mol. The van der Waals surface area contributed by atoms with Gasteiger partial charge in [0.25, 0.3) is 0 Å². The number of ether oxygens (including phenoxy) is 1. The summed E-state index contributed by atoms with van der Waals surface area (Å²) in [6.07, 6.45) is 0. The summed E-state index contributed by atoms with van der Waals surface area (Å²) in [6.45, 7) is 4.04. The number of hydrogen-bond donors (Lipinski definition) is 0. The minimum absolute atomic E-state index is 0.314. The van der Waals surface area contributed by atoms with Crippen molar-refractivity contribution in [3.05, 3.63) is 31.9 Å². The summed E-state index contributed by atoms with van der Waals surface area (Å²) in [5.41, 5.74) is 1.46. The van der Waals surface area contributed by atoms with Crippen molar-refractivity contribution in [3.63, 3.8) is 0 Å².